The summed E-state index contributed by atoms with van der Waals surface area (Å²) in [4.78, 5) is 1.20. The highest BCUT2D eigenvalue weighted by Gasteiger charge is 2.00. The van der Waals surface area contributed by atoms with Crippen molar-refractivity contribution < 1.29 is 0 Å². The third kappa shape index (κ3) is 4.74. The molecule has 0 spiro atoms. The van der Waals surface area contributed by atoms with Crippen molar-refractivity contribution in [3.05, 3.63) is 101 Å². The Morgan fingerprint density at radius 2 is 1.57 bits per heavy atom. The normalized spacial score (nSPS) is 10.7. The van der Waals surface area contributed by atoms with Crippen molar-refractivity contribution >= 4 is 11.8 Å². The van der Waals surface area contributed by atoms with Gasteiger partial charge in [-0.3, -0.25) is 0 Å². The maximum absolute atomic E-state index is 3.27. The van der Waals surface area contributed by atoms with Crippen molar-refractivity contribution in [1.29, 1.82) is 0 Å². The van der Waals surface area contributed by atoms with Gasteiger partial charge in [0.1, 0.15) is 0 Å². The fourth-order valence-corrected chi connectivity index (χ4v) is 3.41. The predicted octanol–water partition coefficient (Wildman–Crippen LogP) is 5.93. The zero-order valence-corrected chi connectivity index (χ0v) is 14.3. The molecule has 0 aliphatic rings. The van der Waals surface area contributed by atoms with Crippen LogP contribution in [0, 0.1) is 6.07 Å². The summed E-state index contributed by atoms with van der Waals surface area (Å²) in [5.41, 5.74) is 5.53. The van der Waals surface area contributed by atoms with Gasteiger partial charge in [0.25, 0.3) is 0 Å². The largest absolute Gasteiger partial charge is 0.121 e. The monoisotopic (exact) mass is 317 g/mol. The van der Waals surface area contributed by atoms with Crippen molar-refractivity contribution in [1.82, 2.24) is 0 Å². The number of hydrogen-bond donors (Lipinski definition) is 0. The molecule has 0 heterocycles. The van der Waals surface area contributed by atoms with Crippen LogP contribution in [0.2, 0.25) is 0 Å². The van der Waals surface area contributed by atoms with E-state index in [0.717, 1.165) is 18.6 Å². The van der Waals surface area contributed by atoms with Crippen LogP contribution in [0.4, 0.5) is 0 Å². The minimum Gasteiger partial charge on any atom is -0.121 e. The van der Waals surface area contributed by atoms with Gasteiger partial charge in [-0.2, -0.15) is 0 Å². The number of thioether (sulfide) groups is 1. The molecule has 23 heavy (non-hydrogen) atoms. The second-order valence-electron chi connectivity index (χ2n) is 5.68. The molecule has 0 amide bonds. The number of hydrogen-bond acceptors (Lipinski definition) is 1. The molecule has 0 aliphatic heterocycles. The molecule has 0 N–H and O–H groups in total. The summed E-state index contributed by atoms with van der Waals surface area (Å²) in [5, 5.41) is 0. The van der Waals surface area contributed by atoms with E-state index < -0.39 is 0 Å². The quantitative estimate of drug-likeness (QED) is 0.508. The predicted molar refractivity (Wildman–Crippen MR) is 99.9 cm³/mol. The summed E-state index contributed by atoms with van der Waals surface area (Å²) in [5.74, 6) is 0.989. The van der Waals surface area contributed by atoms with Crippen LogP contribution in [0.15, 0.2) is 77.7 Å². The smallest absolute Gasteiger partial charge is 0.0232 e. The van der Waals surface area contributed by atoms with Crippen molar-refractivity contribution in [3.63, 3.8) is 0 Å². The molecule has 3 aromatic rings. The van der Waals surface area contributed by atoms with Gasteiger partial charge >= 0.3 is 0 Å². The summed E-state index contributed by atoms with van der Waals surface area (Å²) in [6.07, 6.45) is 2.10. The van der Waals surface area contributed by atoms with Crippen LogP contribution in [-0.4, -0.2) is 0 Å². The fourth-order valence-electron chi connectivity index (χ4n) is 2.59. The van der Waals surface area contributed by atoms with Crippen LogP contribution in [0.3, 0.4) is 0 Å². The van der Waals surface area contributed by atoms with E-state index in [9.17, 15) is 0 Å². The molecule has 115 valence electrons. The van der Waals surface area contributed by atoms with E-state index in [1.54, 1.807) is 0 Å². The van der Waals surface area contributed by atoms with Gasteiger partial charge in [0, 0.05) is 10.6 Å². The summed E-state index contributed by atoms with van der Waals surface area (Å²) >= 11 is 1.84. The first kappa shape index (κ1) is 15.9. The summed E-state index contributed by atoms with van der Waals surface area (Å²) in [6, 6.07) is 29.3. The fraction of sp³-hybridized carbons (Fsp3) is 0.182. The standard InChI is InChI=1S/C22H21S/c1-2-18-11-13-19(14-12-18)15-20-7-6-8-21(16-20)17-23-22-9-4-3-5-10-22/h3-9,11-14,16H,2,15,17H2,1H3. The minimum atomic E-state index is 0.989. The molecular weight excluding hydrogens is 296 g/mol. The second kappa shape index (κ2) is 8.03. The zero-order chi connectivity index (χ0) is 15.9. The topological polar surface area (TPSA) is 0 Å². The highest BCUT2D eigenvalue weighted by molar-refractivity contribution is 7.98. The van der Waals surface area contributed by atoms with E-state index >= 15 is 0 Å². The van der Waals surface area contributed by atoms with Gasteiger partial charge < -0.3 is 0 Å². The number of aryl methyl sites for hydroxylation is 1. The molecule has 3 aromatic carbocycles. The van der Waals surface area contributed by atoms with Crippen molar-refractivity contribution in [2.24, 2.45) is 0 Å². The van der Waals surface area contributed by atoms with E-state index in [1.165, 1.54) is 27.1 Å². The molecule has 0 aromatic heterocycles. The minimum absolute atomic E-state index is 0.989. The Balaban J connectivity index is 1.64. The van der Waals surface area contributed by atoms with E-state index in [4.69, 9.17) is 0 Å². The molecule has 0 saturated heterocycles. The molecule has 0 fully saturated rings. The Morgan fingerprint density at radius 3 is 2.30 bits per heavy atom. The van der Waals surface area contributed by atoms with Crippen LogP contribution in [0.5, 0.6) is 0 Å². The van der Waals surface area contributed by atoms with E-state index in [2.05, 4.69) is 73.7 Å². The van der Waals surface area contributed by atoms with Crippen molar-refractivity contribution in [3.8, 4) is 0 Å². The van der Waals surface area contributed by atoms with Gasteiger partial charge in [0.15, 0.2) is 0 Å². The first-order chi connectivity index (χ1) is 11.3. The lowest BCUT2D eigenvalue weighted by Gasteiger charge is -2.07. The SMILES string of the molecule is CCc1ccc(Cc2cccc(CSc3[c]cccc3)c2)cc1. The van der Waals surface area contributed by atoms with Gasteiger partial charge in [-0.05, 0) is 47.2 Å². The Hall–Kier alpha value is -1.99. The Morgan fingerprint density at radius 1 is 0.783 bits per heavy atom. The molecule has 0 bridgehead atoms. The van der Waals surface area contributed by atoms with Gasteiger partial charge in [0.05, 0.1) is 0 Å². The highest BCUT2D eigenvalue weighted by atomic mass is 32.2. The van der Waals surface area contributed by atoms with Gasteiger partial charge in [-0.1, -0.05) is 73.7 Å². The lowest BCUT2D eigenvalue weighted by Crippen LogP contribution is -1.91. The van der Waals surface area contributed by atoms with E-state index in [0.29, 0.717) is 0 Å². The summed E-state index contributed by atoms with van der Waals surface area (Å²) in [7, 11) is 0. The maximum Gasteiger partial charge on any atom is 0.0232 e. The maximum atomic E-state index is 3.27. The average Bonchev–Trinajstić information content (AvgIpc) is 2.62. The first-order valence-electron chi connectivity index (χ1n) is 8.08. The average molecular weight is 317 g/mol. The van der Waals surface area contributed by atoms with Gasteiger partial charge in [-0.15, -0.1) is 11.8 Å². The lowest BCUT2D eigenvalue weighted by molar-refractivity contribution is 1.12. The molecule has 0 aliphatic carbocycles. The van der Waals surface area contributed by atoms with Gasteiger partial charge in [-0.25, -0.2) is 0 Å². The molecule has 0 nitrogen and oxygen atoms in total. The molecule has 0 saturated carbocycles. The highest BCUT2D eigenvalue weighted by Crippen LogP contribution is 2.23. The van der Waals surface area contributed by atoms with Gasteiger partial charge in [0.2, 0.25) is 0 Å². The summed E-state index contributed by atoms with van der Waals surface area (Å²) < 4.78 is 0. The van der Waals surface area contributed by atoms with Crippen LogP contribution < -0.4 is 0 Å². The number of rotatable bonds is 6. The number of benzene rings is 3. The molecule has 0 atom stereocenters. The molecular formula is C22H21S. The summed E-state index contributed by atoms with van der Waals surface area (Å²) in [6.45, 7) is 2.19. The first-order valence-corrected chi connectivity index (χ1v) is 9.07. The lowest BCUT2D eigenvalue weighted by atomic mass is 10.0. The molecule has 1 heteroatoms. The van der Waals surface area contributed by atoms with Crippen molar-refractivity contribution in [2.75, 3.05) is 0 Å². The molecule has 3 rings (SSSR count). The van der Waals surface area contributed by atoms with E-state index in [1.807, 2.05) is 23.9 Å². The van der Waals surface area contributed by atoms with Crippen LogP contribution >= 0.6 is 11.8 Å². The third-order valence-corrected chi connectivity index (χ3v) is 4.95. The van der Waals surface area contributed by atoms with Crippen LogP contribution in [0.25, 0.3) is 0 Å². The van der Waals surface area contributed by atoms with Crippen molar-refractivity contribution in [2.45, 2.75) is 30.4 Å². The molecule has 0 unspecified atom stereocenters. The van der Waals surface area contributed by atoms with E-state index in [-0.39, 0.29) is 0 Å². The van der Waals surface area contributed by atoms with Crippen LogP contribution in [0.1, 0.15) is 29.2 Å². The Kier molecular flexibility index (Phi) is 5.55. The Bertz CT molecular complexity index is 729. The van der Waals surface area contributed by atoms with Crippen LogP contribution in [-0.2, 0) is 18.6 Å². The second-order valence-corrected chi connectivity index (χ2v) is 6.70. The Labute approximate surface area is 143 Å². The third-order valence-electron chi connectivity index (χ3n) is 3.91. The zero-order valence-electron chi connectivity index (χ0n) is 13.5. The molecule has 1 radical (unpaired) electrons.